The van der Waals surface area contributed by atoms with E-state index in [4.69, 9.17) is 0 Å². The molecule has 1 aliphatic rings. The highest BCUT2D eigenvalue weighted by Crippen LogP contribution is 2.22. The number of aryl methyl sites for hydroxylation is 1. The third-order valence-electron chi connectivity index (χ3n) is 4.31. The number of hydrogen-bond acceptors (Lipinski definition) is 5. The summed E-state index contributed by atoms with van der Waals surface area (Å²) in [7, 11) is 0. The van der Waals surface area contributed by atoms with Gasteiger partial charge in [0.05, 0.1) is 34.0 Å². The van der Waals surface area contributed by atoms with Crippen LogP contribution in [0.4, 0.5) is 5.69 Å². The summed E-state index contributed by atoms with van der Waals surface area (Å²) >= 11 is 0. The highest BCUT2D eigenvalue weighted by atomic mass is 16.1. The lowest BCUT2D eigenvalue weighted by atomic mass is 10.1. The van der Waals surface area contributed by atoms with E-state index in [1.165, 1.54) is 0 Å². The summed E-state index contributed by atoms with van der Waals surface area (Å²) in [5.41, 5.74) is 4.45. The van der Waals surface area contributed by atoms with Crippen LogP contribution in [0.5, 0.6) is 0 Å². The summed E-state index contributed by atoms with van der Waals surface area (Å²) in [4.78, 5) is 16.6. The van der Waals surface area contributed by atoms with Gasteiger partial charge in [0.15, 0.2) is 0 Å². The van der Waals surface area contributed by atoms with Crippen molar-refractivity contribution in [3.05, 3.63) is 72.2 Å². The van der Waals surface area contributed by atoms with Gasteiger partial charge in [-0.3, -0.25) is 9.78 Å². The second kappa shape index (κ2) is 7.90. The molecule has 0 aromatic carbocycles. The van der Waals surface area contributed by atoms with Gasteiger partial charge in [-0.05, 0) is 38.5 Å². The smallest absolute Gasteiger partial charge is 0.255 e. The van der Waals surface area contributed by atoms with E-state index in [9.17, 15) is 4.79 Å². The Bertz CT molecular complexity index is 924. The Labute approximate surface area is 158 Å². The van der Waals surface area contributed by atoms with Crippen molar-refractivity contribution in [2.45, 2.75) is 33.2 Å². The van der Waals surface area contributed by atoms with Crippen LogP contribution in [0.1, 0.15) is 36.3 Å². The van der Waals surface area contributed by atoms with E-state index in [0.29, 0.717) is 11.3 Å². The highest BCUT2D eigenvalue weighted by Gasteiger charge is 2.16. The largest absolute Gasteiger partial charge is 0.359 e. The fourth-order valence-corrected chi connectivity index (χ4v) is 2.58. The number of allylic oxidation sites excluding steroid dienone is 2. The molecule has 140 valence electrons. The quantitative estimate of drug-likeness (QED) is 0.734. The van der Waals surface area contributed by atoms with Crippen LogP contribution in [0.3, 0.4) is 0 Å². The predicted molar refractivity (Wildman–Crippen MR) is 107 cm³/mol. The number of anilines is 1. The van der Waals surface area contributed by atoms with Gasteiger partial charge in [-0.15, -0.1) is 0 Å². The number of nitrogens with zero attached hydrogens (tertiary/aromatic N) is 3. The van der Waals surface area contributed by atoms with Gasteiger partial charge in [-0.25, -0.2) is 4.68 Å². The molecule has 0 saturated heterocycles. The fourth-order valence-electron chi connectivity index (χ4n) is 2.58. The molecule has 3 rings (SSSR count). The second-order valence-electron chi connectivity index (χ2n) is 6.48. The zero-order valence-electron chi connectivity index (χ0n) is 15.8. The molecule has 7 heteroatoms. The molecule has 1 unspecified atom stereocenters. The third-order valence-corrected chi connectivity index (χ3v) is 4.31. The number of rotatable bonds is 6. The van der Waals surface area contributed by atoms with Gasteiger partial charge in [-0.2, -0.15) is 5.10 Å². The monoisotopic (exact) mass is 364 g/mol. The summed E-state index contributed by atoms with van der Waals surface area (Å²) in [6, 6.07) is 3.81. The lowest BCUT2D eigenvalue weighted by molar-refractivity contribution is 0.0940. The maximum Gasteiger partial charge on any atom is 0.255 e. The SMILES string of the molecule is C=C1NC=C(Nc2ccncc2C(=O)NC(C)CC)C=C1n1ccc(C)n1. The van der Waals surface area contributed by atoms with Crippen LogP contribution in [0.2, 0.25) is 0 Å². The Morgan fingerprint density at radius 3 is 2.93 bits per heavy atom. The number of hydrogen-bond donors (Lipinski definition) is 3. The van der Waals surface area contributed by atoms with E-state index >= 15 is 0 Å². The standard InChI is InChI=1S/C20H24N6O/c1-5-13(2)23-20(27)17-12-21-8-6-18(17)24-16-10-19(15(4)22-11-16)26-9-7-14(3)25-26/h6-13,22H,4-5H2,1-3H3,(H,21,24)(H,23,27). The number of carbonyl (C=O) groups excluding carboxylic acids is 1. The first-order valence-electron chi connectivity index (χ1n) is 8.90. The Hall–Kier alpha value is -3.35. The lowest BCUT2D eigenvalue weighted by Gasteiger charge is -2.20. The highest BCUT2D eigenvalue weighted by molar-refractivity contribution is 5.99. The summed E-state index contributed by atoms with van der Waals surface area (Å²) < 4.78 is 1.77. The molecule has 0 saturated carbocycles. The van der Waals surface area contributed by atoms with E-state index < -0.39 is 0 Å². The number of pyridine rings is 1. The van der Waals surface area contributed by atoms with E-state index in [2.05, 4.69) is 32.6 Å². The van der Waals surface area contributed by atoms with Crippen molar-refractivity contribution in [2.75, 3.05) is 5.32 Å². The predicted octanol–water partition coefficient (Wildman–Crippen LogP) is 3.03. The Morgan fingerprint density at radius 1 is 1.41 bits per heavy atom. The Morgan fingerprint density at radius 2 is 2.22 bits per heavy atom. The molecule has 2 aromatic rings. The van der Waals surface area contributed by atoms with E-state index in [0.717, 1.165) is 29.2 Å². The van der Waals surface area contributed by atoms with E-state index in [1.807, 2.05) is 39.1 Å². The van der Waals surface area contributed by atoms with Gasteiger partial charge in [0.2, 0.25) is 0 Å². The fraction of sp³-hybridized carbons (Fsp3) is 0.250. The Balaban J connectivity index is 1.84. The van der Waals surface area contributed by atoms with Crippen molar-refractivity contribution in [1.29, 1.82) is 0 Å². The van der Waals surface area contributed by atoms with Crippen molar-refractivity contribution in [3.63, 3.8) is 0 Å². The van der Waals surface area contributed by atoms with Gasteiger partial charge in [0.1, 0.15) is 0 Å². The molecule has 1 aliphatic heterocycles. The molecule has 0 aliphatic carbocycles. The average Bonchev–Trinajstić information content (AvgIpc) is 3.09. The maximum absolute atomic E-state index is 12.5. The van der Waals surface area contributed by atoms with E-state index in [-0.39, 0.29) is 11.9 Å². The summed E-state index contributed by atoms with van der Waals surface area (Å²) in [5, 5.41) is 13.8. The molecule has 3 heterocycles. The molecule has 0 radical (unpaired) electrons. The minimum Gasteiger partial charge on any atom is -0.359 e. The van der Waals surface area contributed by atoms with Crippen LogP contribution in [0.15, 0.2) is 61.0 Å². The molecule has 7 nitrogen and oxygen atoms in total. The molecule has 0 bridgehead atoms. The first kappa shape index (κ1) is 18.4. The van der Waals surface area contributed by atoms with Crippen LogP contribution < -0.4 is 16.0 Å². The van der Waals surface area contributed by atoms with Crippen molar-refractivity contribution in [3.8, 4) is 0 Å². The van der Waals surface area contributed by atoms with Gasteiger partial charge in [0.25, 0.3) is 5.91 Å². The van der Waals surface area contributed by atoms with Crippen molar-refractivity contribution in [1.82, 2.24) is 25.4 Å². The molecule has 27 heavy (non-hydrogen) atoms. The van der Waals surface area contributed by atoms with Gasteiger partial charge >= 0.3 is 0 Å². The van der Waals surface area contributed by atoms with Crippen molar-refractivity contribution >= 4 is 17.3 Å². The molecule has 1 amide bonds. The minimum absolute atomic E-state index is 0.0963. The zero-order valence-corrected chi connectivity index (χ0v) is 15.8. The van der Waals surface area contributed by atoms with Crippen LogP contribution in [-0.2, 0) is 0 Å². The second-order valence-corrected chi connectivity index (χ2v) is 6.48. The molecule has 0 fully saturated rings. The average molecular weight is 364 g/mol. The number of carbonyl (C=O) groups is 1. The maximum atomic E-state index is 12.5. The van der Waals surface area contributed by atoms with Crippen LogP contribution in [0.25, 0.3) is 5.70 Å². The number of dihydropyridines is 1. The number of aromatic nitrogens is 3. The molecule has 1 atom stereocenters. The molecule has 2 aromatic heterocycles. The van der Waals surface area contributed by atoms with Crippen LogP contribution in [0, 0.1) is 6.92 Å². The summed E-state index contributed by atoms with van der Waals surface area (Å²) in [5.74, 6) is -0.152. The van der Waals surface area contributed by atoms with Gasteiger partial charge in [-0.1, -0.05) is 13.5 Å². The topological polar surface area (TPSA) is 83.9 Å². The van der Waals surface area contributed by atoms with Crippen LogP contribution >= 0.6 is 0 Å². The summed E-state index contributed by atoms with van der Waals surface area (Å²) in [6.45, 7) is 9.96. The van der Waals surface area contributed by atoms with Crippen LogP contribution in [-0.4, -0.2) is 26.7 Å². The minimum atomic E-state index is -0.152. The number of nitrogens with one attached hydrogen (secondary N) is 3. The van der Waals surface area contributed by atoms with Crippen molar-refractivity contribution < 1.29 is 4.79 Å². The zero-order chi connectivity index (χ0) is 19.4. The normalized spacial score (nSPS) is 14.7. The molecule has 3 N–H and O–H groups in total. The first-order chi connectivity index (χ1) is 13.0. The Kier molecular flexibility index (Phi) is 5.40. The molecular weight excluding hydrogens is 340 g/mol. The first-order valence-corrected chi connectivity index (χ1v) is 8.90. The summed E-state index contributed by atoms with van der Waals surface area (Å²) in [6.07, 6.45) is 9.70. The van der Waals surface area contributed by atoms with Gasteiger partial charge < -0.3 is 16.0 Å². The molecular formula is C20H24N6O. The molecule has 0 spiro atoms. The number of amides is 1. The van der Waals surface area contributed by atoms with Gasteiger partial charge in [0, 0.05) is 30.8 Å². The van der Waals surface area contributed by atoms with Crippen molar-refractivity contribution in [2.24, 2.45) is 0 Å². The van der Waals surface area contributed by atoms with E-state index in [1.54, 1.807) is 29.3 Å². The lowest BCUT2D eigenvalue weighted by Crippen LogP contribution is -2.32. The third kappa shape index (κ3) is 4.25.